The molecular formula is C25H27F3N8O. The summed E-state index contributed by atoms with van der Waals surface area (Å²) >= 11 is 0. The monoisotopic (exact) mass is 512 g/mol. The maximum Gasteiger partial charge on any atom is 0.433 e. The van der Waals surface area contributed by atoms with Crippen molar-refractivity contribution in [3.63, 3.8) is 0 Å². The summed E-state index contributed by atoms with van der Waals surface area (Å²) < 4.78 is 49.1. The lowest BCUT2D eigenvalue weighted by Crippen LogP contribution is -2.55. The second-order valence-corrected chi connectivity index (χ2v) is 10.0. The predicted octanol–water partition coefficient (Wildman–Crippen LogP) is 2.91. The molecule has 2 aliphatic heterocycles. The summed E-state index contributed by atoms with van der Waals surface area (Å²) in [4.78, 5) is 4.01. The van der Waals surface area contributed by atoms with Crippen molar-refractivity contribution in [3.05, 3.63) is 59.4 Å². The standard InChI is InChI=1S/C25H27F3N8O/c1-14(31-17-9-29-10-17)21-23-18(7-19(32-21)25(26,27)28)22(34-35-23)15-4-3-5-16(6-15)24(11-37-12-24)8-20-33-30-13-36(20)2/h3-7,13-14,17,29,31H,8-12H2,1-2H3,(H,34,35)/t14-/m0/s1. The van der Waals surface area contributed by atoms with Gasteiger partial charge < -0.3 is 19.9 Å². The lowest BCUT2D eigenvalue weighted by molar-refractivity contribution is -0.141. The third-order valence-corrected chi connectivity index (χ3v) is 7.36. The number of nitrogens with one attached hydrogen (secondary N) is 3. The molecule has 0 spiro atoms. The van der Waals surface area contributed by atoms with Crippen molar-refractivity contribution in [2.75, 3.05) is 26.3 Å². The Kier molecular flexibility index (Phi) is 5.77. The first-order chi connectivity index (χ1) is 17.7. The van der Waals surface area contributed by atoms with Gasteiger partial charge in [-0.3, -0.25) is 5.10 Å². The van der Waals surface area contributed by atoms with Gasteiger partial charge in [0, 0.05) is 55.0 Å². The highest BCUT2D eigenvalue weighted by Crippen LogP contribution is 2.39. The van der Waals surface area contributed by atoms with Crippen LogP contribution in [0.4, 0.5) is 13.2 Å². The number of hydrogen-bond donors (Lipinski definition) is 3. The third-order valence-electron chi connectivity index (χ3n) is 7.36. The van der Waals surface area contributed by atoms with Crippen LogP contribution in [0, 0.1) is 0 Å². The van der Waals surface area contributed by atoms with Gasteiger partial charge in [0.15, 0.2) is 0 Å². The van der Waals surface area contributed by atoms with Crippen LogP contribution < -0.4 is 10.6 Å². The van der Waals surface area contributed by atoms with E-state index in [1.807, 2.05) is 42.8 Å². The van der Waals surface area contributed by atoms with Crippen LogP contribution >= 0.6 is 0 Å². The van der Waals surface area contributed by atoms with E-state index in [-0.39, 0.29) is 11.5 Å². The molecule has 2 aliphatic rings. The van der Waals surface area contributed by atoms with Gasteiger partial charge in [-0.05, 0) is 24.6 Å². The fraction of sp³-hybridized carbons (Fsp3) is 0.440. The summed E-state index contributed by atoms with van der Waals surface area (Å²) in [6, 6.07) is 8.66. The van der Waals surface area contributed by atoms with Crippen molar-refractivity contribution in [2.24, 2.45) is 7.05 Å². The van der Waals surface area contributed by atoms with E-state index in [4.69, 9.17) is 4.74 Å². The van der Waals surface area contributed by atoms with Gasteiger partial charge in [-0.2, -0.15) is 18.3 Å². The molecule has 1 aromatic carbocycles. The zero-order valence-corrected chi connectivity index (χ0v) is 20.4. The van der Waals surface area contributed by atoms with E-state index in [0.717, 1.165) is 36.1 Å². The summed E-state index contributed by atoms with van der Waals surface area (Å²) in [7, 11) is 1.90. The Balaban J connectivity index is 1.41. The molecule has 0 bridgehead atoms. The maximum absolute atomic E-state index is 13.9. The first kappa shape index (κ1) is 24.0. The molecule has 6 rings (SSSR count). The molecule has 1 atom stereocenters. The SMILES string of the molecule is C[C@H](NC1CNC1)c1nc(C(F)(F)F)cc2c(-c3cccc(C4(Cc5nncn5C)COC4)c3)n[nH]c12. The minimum absolute atomic E-state index is 0.190. The van der Waals surface area contributed by atoms with Crippen LogP contribution in [0.5, 0.6) is 0 Å². The summed E-state index contributed by atoms with van der Waals surface area (Å²) in [5.74, 6) is 0.840. The van der Waals surface area contributed by atoms with Crippen molar-refractivity contribution < 1.29 is 17.9 Å². The van der Waals surface area contributed by atoms with Crippen LogP contribution in [0.3, 0.4) is 0 Å². The van der Waals surface area contributed by atoms with Crippen LogP contribution in [0.25, 0.3) is 22.2 Å². The van der Waals surface area contributed by atoms with Crippen molar-refractivity contribution in [1.29, 1.82) is 0 Å². The number of alkyl halides is 3. The summed E-state index contributed by atoms with van der Waals surface area (Å²) in [5, 5.41) is 22.6. The molecular weight excluding hydrogens is 485 g/mol. The number of rotatable bonds is 7. The average Bonchev–Trinajstić information content (AvgIpc) is 3.43. The van der Waals surface area contributed by atoms with E-state index in [1.54, 1.807) is 6.33 Å². The minimum atomic E-state index is -4.58. The Morgan fingerprint density at radius 1 is 1.24 bits per heavy atom. The number of benzene rings is 1. The minimum Gasteiger partial charge on any atom is -0.379 e. The fourth-order valence-electron chi connectivity index (χ4n) is 5.04. The van der Waals surface area contributed by atoms with E-state index >= 15 is 0 Å². The molecule has 0 amide bonds. The van der Waals surface area contributed by atoms with Crippen LogP contribution in [0.15, 0.2) is 36.7 Å². The molecule has 0 radical (unpaired) electrons. The molecule has 2 fully saturated rings. The molecule has 0 saturated carbocycles. The number of aromatic nitrogens is 6. The molecule has 5 heterocycles. The van der Waals surface area contributed by atoms with Crippen LogP contribution in [0.1, 0.15) is 35.7 Å². The van der Waals surface area contributed by atoms with E-state index in [1.165, 1.54) is 0 Å². The third kappa shape index (κ3) is 4.28. The van der Waals surface area contributed by atoms with Gasteiger partial charge in [0.1, 0.15) is 23.5 Å². The number of fused-ring (bicyclic) bond motifs is 1. The van der Waals surface area contributed by atoms with Gasteiger partial charge in [-0.25, -0.2) is 4.98 Å². The van der Waals surface area contributed by atoms with E-state index in [2.05, 4.69) is 36.0 Å². The van der Waals surface area contributed by atoms with Gasteiger partial charge in [-0.1, -0.05) is 18.2 Å². The van der Waals surface area contributed by atoms with Gasteiger partial charge in [0.2, 0.25) is 0 Å². The van der Waals surface area contributed by atoms with Crippen LogP contribution in [-0.2, 0) is 29.8 Å². The number of aryl methyl sites for hydroxylation is 1. The van der Waals surface area contributed by atoms with Crippen LogP contribution in [-0.4, -0.2) is 62.3 Å². The molecule has 9 nitrogen and oxygen atoms in total. The summed E-state index contributed by atoms with van der Waals surface area (Å²) in [6.45, 7) is 4.42. The molecule has 2 saturated heterocycles. The number of hydrogen-bond acceptors (Lipinski definition) is 7. The highest BCUT2D eigenvalue weighted by Gasteiger charge is 2.42. The lowest BCUT2D eigenvalue weighted by Gasteiger charge is -2.41. The molecule has 37 heavy (non-hydrogen) atoms. The lowest BCUT2D eigenvalue weighted by atomic mass is 9.75. The molecule has 3 N–H and O–H groups in total. The first-order valence-corrected chi connectivity index (χ1v) is 12.2. The van der Waals surface area contributed by atoms with Gasteiger partial charge in [0.05, 0.1) is 24.4 Å². The zero-order valence-electron chi connectivity index (χ0n) is 20.4. The second-order valence-electron chi connectivity index (χ2n) is 10.0. The summed E-state index contributed by atoms with van der Waals surface area (Å²) in [5.41, 5.74) is 1.79. The number of pyridine rings is 1. The molecule has 0 aliphatic carbocycles. The number of aromatic amines is 1. The van der Waals surface area contributed by atoms with E-state index in [9.17, 15) is 13.2 Å². The Labute approximate surface area is 210 Å². The highest BCUT2D eigenvalue weighted by atomic mass is 19.4. The Hall–Kier alpha value is -3.35. The normalized spacial score (nSPS) is 18.5. The largest absolute Gasteiger partial charge is 0.433 e. The number of H-pyrrole nitrogens is 1. The molecule has 12 heteroatoms. The quantitative estimate of drug-likeness (QED) is 0.350. The smallest absolute Gasteiger partial charge is 0.379 e. The van der Waals surface area contributed by atoms with Crippen molar-refractivity contribution in [2.45, 2.75) is 37.0 Å². The number of halogens is 3. The summed E-state index contributed by atoms with van der Waals surface area (Å²) in [6.07, 6.45) is -2.28. The van der Waals surface area contributed by atoms with E-state index in [0.29, 0.717) is 41.9 Å². The average molecular weight is 513 g/mol. The molecule has 0 unspecified atom stereocenters. The van der Waals surface area contributed by atoms with E-state index < -0.39 is 17.9 Å². The van der Waals surface area contributed by atoms with Crippen molar-refractivity contribution in [3.8, 4) is 11.3 Å². The van der Waals surface area contributed by atoms with Gasteiger partial charge in [0.25, 0.3) is 0 Å². The Morgan fingerprint density at radius 3 is 2.68 bits per heavy atom. The Morgan fingerprint density at radius 2 is 2.05 bits per heavy atom. The fourth-order valence-corrected chi connectivity index (χ4v) is 5.04. The number of ether oxygens (including phenoxy) is 1. The Bertz CT molecular complexity index is 1440. The van der Waals surface area contributed by atoms with Crippen molar-refractivity contribution in [1.82, 2.24) is 40.6 Å². The molecule has 3 aromatic heterocycles. The zero-order chi connectivity index (χ0) is 25.8. The maximum atomic E-state index is 13.9. The predicted molar refractivity (Wildman–Crippen MR) is 130 cm³/mol. The molecule has 194 valence electrons. The second kappa shape index (κ2) is 8.89. The highest BCUT2D eigenvalue weighted by molar-refractivity contribution is 5.94. The topological polar surface area (TPSA) is 106 Å². The van der Waals surface area contributed by atoms with Crippen LogP contribution in [0.2, 0.25) is 0 Å². The number of nitrogens with zero attached hydrogens (tertiary/aromatic N) is 5. The first-order valence-electron chi connectivity index (χ1n) is 12.2. The molecule has 4 aromatic rings. The van der Waals surface area contributed by atoms with Gasteiger partial charge >= 0.3 is 6.18 Å². The van der Waals surface area contributed by atoms with Crippen molar-refractivity contribution >= 4 is 10.9 Å². The van der Waals surface area contributed by atoms with Gasteiger partial charge in [-0.15, -0.1) is 10.2 Å².